The number of likely N-dealkylation sites (tertiary alicyclic amines) is 1. The summed E-state index contributed by atoms with van der Waals surface area (Å²) in [5.74, 6) is 0. The summed E-state index contributed by atoms with van der Waals surface area (Å²) in [7, 11) is 3.78. The molecule has 3 nitrogen and oxygen atoms in total. The van der Waals surface area contributed by atoms with Crippen molar-refractivity contribution in [2.75, 3.05) is 40.5 Å². The van der Waals surface area contributed by atoms with Gasteiger partial charge in [-0.05, 0) is 7.05 Å². The molecule has 1 fully saturated rings. The molecule has 0 aliphatic carbocycles. The third kappa shape index (κ3) is 2.25. The molecule has 0 saturated carbocycles. The van der Waals surface area contributed by atoms with Crippen molar-refractivity contribution < 1.29 is 9.47 Å². The maximum Gasteiger partial charge on any atom is 0.0829 e. The molecule has 10 heavy (non-hydrogen) atoms. The fourth-order valence-corrected chi connectivity index (χ4v) is 1.05. The Morgan fingerprint density at radius 2 is 2.10 bits per heavy atom. The predicted molar refractivity (Wildman–Crippen MR) is 39.1 cm³/mol. The highest BCUT2D eigenvalue weighted by Gasteiger charge is 2.22. The van der Waals surface area contributed by atoms with Crippen LogP contribution >= 0.6 is 0 Å². The highest BCUT2D eigenvalue weighted by molar-refractivity contribution is 4.76. The third-order valence-electron chi connectivity index (χ3n) is 1.67. The van der Waals surface area contributed by atoms with E-state index in [0.29, 0.717) is 12.7 Å². The zero-order valence-corrected chi connectivity index (χ0v) is 6.67. The first-order chi connectivity index (χ1) is 4.83. The summed E-state index contributed by atoms with van der Waals surface area (Å²) in [4.78, 5) is 2.23. The van der Waals surface area contributed by atoms with Crippen LogP contribution in [0.5, 0.6) is 0 Å². The number of rotatable bonds is 4. The molecule has 0 radical (unpaired) electrons. The van der Waals surface area contributed by atoms with E-state index in [9.17, 15) is 0 Å². The molecule has 0 aromatic heterocycles. The number of hydrogen-bond donors (Lipinski definition) is 0. The monoisotopic (exact) mass is 145 g/mol. The van der Waals surface area contributed by atoms with Crippen LogP contribution in [0.25, 0.3) is 0 Å². The largest absolute Gasteiger partial charge is 0.382 e. The lowest BCUT2D eigenvalue weighted by Gasteiger charge is -2.35. The van der Waals surface area contributed by atoms with E-state index in [1.54, 1.807) is 7.11 Å². The standard InChI is InChI=1S/C7H15NO2/c1-8-5-7(6-8)10-4-3-9-2/h7H,3-6H2,1-2H3. The van der Waals surface area contributed by atoms with Gasteiger partial charge in [-0.15, -0.1) is 0 Å². The van der Waals surface area contributed by atoms with Crippen LogP contribution < -0.4 is 0 Å². The first-order valence-corrected chi connectivity index (χ1v) is 3.62. The highest BCUT2D eigenvalue weighted by Crippen LogP contribution is 2.07. The molecule has 0 unspecified atom stereocenters. The van der Waals surface area contributed by atoms with Crippen molar-refractivity contribution in [1.82, 2.24) is 4.90 Å². The average molecular weight is 145 g/mol. The van der Waals surface area contributed by atoms with E-state index in [1.807, 2.05) is 0 Å². The Morgan fingerprint density at radius 3 is 2.60 bits per heavy atom. The van der Waals surface area contributed by atoms with Crippen LogP contribution in [-0.2, 0) is 9.47 Å². The number of hydrogen-bond acceptors (Lipinski definition) is 3. The molecule has 0 N–H and O–H groups in total. The van der Waals surface area contributed by atoms with Gasteiger partial charge in [0.1, 0.15) is 0 Å². The van der Waals surface area contributed by atoms with Crippen molar-refractivity contribution in [1.29, 1.82) is 0 Å². The molecular weight excluding hydrogens is 130 g/mol. The number of methoxy groups -OCH3 is 1. The highest BCUT2D eigenvalue weighted by atomic mass is 16.5. The summed E-state index contributed by atoms with van der Waals surface area (Å²) < 4.78 is 10.3. The normalized spacial score (nSPS) is 21.0. The van der Waals surface area contributed by atoms with E-state index in [1.165, 1.54) is 0 Å². The van der Waals surface area contributed by atoms with Crippen LogP contribution in [-0.4, -0.2) is 51.5 Å². The lowest BCUT2D eigenvalue weighted by atomic mass is 10.2. The Balaban J connectivity index is 1.86. The van der Waals surface area contributed by atoms with Gasteiger partial charge in [0.15, 0.2) is 0 Å². The van der Waals surface area contributed by atoms with Gasteiger partial charge in [-0.2, -0.15) is 0 Å². The fourth-order valence-electron chi connectivity index (χ4n) is 1.05. The topological polar surface area (TPSA) is 21.7 Å². The Hall–Kier alpha value is -0.120. The molecule has 0 aromatic carbocycles. The quantitative estimate of drug-likeness (QED) is 0.518. The SMILES string of the molecule is COCCOC1CN(C)C1. The van der Waals surface area contributed by atoms with E-state index >= 15 is 0 Å². The van der Waals surface area contributed by atoms with Crippen molar-refractivity contribution in [3.8, 4) is 0 Å². The molecule has 1 rings (SSSR count). The Bertz CT molecular complexity index is 91.6. The van der Waals surface area contributed by atoms with Crippen molar-refractivity contribution >= 4 is 0 Å². The van der Waals surface area contributed by atoms with Crippen LogP contribution in [0.2, 0.25) is 0 Å². The Labute approximate surface area is 61.9 Å². The van der Waals surface area contributed by atoms with Crippen LogP contribution in [0, 0.1) is 0 Å². The Morgan fingerprint density at radius 1 is 1.40 bits per heavy atom. The molecule has 0 aromatic rings. The minimum Gasteiger partial charge on any atom is -0.382 e. The van der Waals surface area contributed by atoms with Gasteiger partial charge < -0.3 is 14.4 Å². The molecule has 0 atom stereocenters. The van der Waals surface area contributed by atoms with Gasteiger partial charge >= 0.3 is 0 Å². The van der Waals surface area contributed by atoms with Crippen molar-refractivity contribution in [2.45, 2.75) is 6.10 Å². The van der Waals surface area contributed by atoms with Gasteiger partial charge in [0, 0.05) is 20.2 Å². The summed E-state index contributed by atoms with van der Waals surface area (Å²) in [6, 6.07) is 0. The van der Waals surface area contributed by atoms with Crippen LogP contribution in [0.3, 0.4) is 0 Å². The van der Waals surface area contributed by atoms with Crippen molar-refractivity contribution in [2.24, 2.45) is 0 Å². The van der Waals surface area contributed by atoms with Gasteiger partial charge in [0.2, 0.25) is 0 Å². The van der Waals surface area contributed by atoms with Gasteiger partial charge in [0.05, 0.1) is 19.3 Å². The van der Waals surface area contributed by atoms with E-state index in [-0.39, 0.29) is 0 Å². The summed E-state index contributed by atoms with van der Waals surface area (Å²) in [6.45, 7) is 3.59. The van der Waals surface area contributed by atoms with E-state index < -0.39 is 0 Å². The predicted octanol–water partition coefficient (Wildman–Crippen LogP) is -0.0366. The lowest BCUT2D eigenvalue weighted by molar-refractivity contribution is -0.0573. The maximum absolute atomic E-state index is 5.42. The molecule has 1 heterocycles. The number of likely N-dealkylation sites (N-methyl/N-ethyl adjacent to an activating group) is 1. The summed E-state index contributed by atoms with van der Waals surface area (Å²) in [5, 5.41) is 0. The molecule has 0 bridgehead atoms. The molecule has 1 aliphatic rings. The molecule has 1 aliphatic heterocycles. The molecular formula is C7H15NO2. The number of nitrogens with zero attached hydrogens (tertiary/aromatic N) is 1. The second-order valence-corrected chi connectivity index (χ2v) is 2.71. The molecule has 0 spiro atoms. The first kappa shape index (κ1) is 7.98. The lowest BCUT2D eigenvalue weighted by Crippen LogP contribution is -2.49. The van der Waals surface area contributed by atoms with Crippen molar-refractivity contribution in [3.63, 3.8) is 0 Å². The van der Waals surface area contributed by atoms with Gasteiger partial charge in [-0.1, -0.05) is 0 Å². The summed E-state index contributed by atoms with van der Waals surface area (Å²) in [6.07, 6.45) is 0.458. The molecule has 3 heteroatoms. The zero-order chi connectivity index (χ0) is 7.40. The average Bonchev–Trinajstić information content (AvgIpc) is 1.85. The smallest absolute Gasteiger partial charge is 0.0829 e. The minimum absolute atomic E-state index is 0.458. The number of ether oxygens (including phenoxy) is 2. The second-order valence-electron chi connectivity index (χ2n) is 2.71. The van der Waals surface area contributed by atoms with Crippen LogP contribution in [0.1, 0.15) is 0 Å². The first-order valence-electron chi connectivity index (χ1n) is 3.62. The zero-order valence-electron chi connectivity index (χ0n) is 6.67. The summed E-state index contributed by atoms with van der Waals surface area (Å²) >= 11 is 0. The summed E-state index contributed by atoms with van der Waals surface area (Å²) in [5.41, 5.74) is 0. The van der Waals surface area contributed by atoms with Gasteiger partial charge in [0.25, 0.3) is 0 Å². The molecule has 60 valence electrons. The Kier molecular flexibility index (Phi) is 3.12. The maximum atomic E-state index is 5.42. The van der Waals surface area contributed by atoms with Gasteiger partial charge in [-0.3, -0.25) is 0 Å². The van der Waals surface area contributed by atoms with Crippen LogP contribution in [0.15, 0.2) is 0 Å². The van der Waals surface area contributed by atoms with E-state index in [0.717, 1.165) is 19.7 Å². The third-order valence-corrected chi connectivity index (χ3v) is 1.67. The fraction of sp³-hybridized carbons (Fsp3) is 1.00. The molecule has 0 amide bonds. The second kappa shape index (κ2) is 3.91. The van der Waals surface area contributed by atoms with Gasteiger partial charge in [-0.25, -0.2) is 0 Å². The van der Waals surface area contributed by atoms with E-state index in [2.05, 4.69) is 11.9 Å². The minimum atomic E-state index is 0.458. The van der Waals surface area contributed by atoms with Crippen LogP contribution in [0.4, 0.5) is 0 Å². The molecule has 1 saturated heterocycles. The van der Waals surface area contributed by atoms with E-state index in [4.69, 9.17) is 9.47 Å². The van der Waals surface area contributed by atoms with Crippen molar-refractivity contribution in [3.05, 3.63) is 0 Å².